The third-order valence-corrected chi connectivity index (χ3v) is 3.73. The lowest BCUT2D eigenvalue weighted by atomic mass is 10.1. The molecule has 0 aliphatic heterocycles. The highest BCUT2D eigenvalue weighted by Crippen LogP contribution is 2.32. The van der Waals surface area contributed by atoms with Crippen molar-refractivity contribution in [2.45, 2.75) is 18.9 Å². The molecular formula is C16H12ClF6N3O. The Labute approximate surface area is 154 Å². The van der Waals surface area contributed by atoms with E-state index in [1.165, 1.54) is 13.1 Å². The lowest BCUT2D eigenvalue weighted by Gasteiger charge is -2.20. The lowest BCUT2D eigenvalue weighted by molar-refractivity contribution is -0.138. The molecule has 2 rings (SSSR count). The number of carbonyl (C=O) groups excluding carboxylic acids is 1. The van der Waals surface area contributed by atoms with Crippen molar-refractivity contribution in [2.75, 3.05) is 7.05 Å². The first-order valence-electron chi connectivity index (χ1n) is 7.29. The summed E-state index contributed by atoms with van der Waals surface area (Å²) in [5.74, 6) is -1.03. The predicted octanol–water partition coefficient (Wildman–Crippen LogP) is 4.55. The number of hydrogen-bond acceptors (Lipinski definition) is 3. The van der Waals surface area contributed by atoms with Gasteiger partial charge in [0.15, 0.2) is 0 Å². The van der Waals surface area contributed by atoms with Crippen molar-refractivity contribution in [3.63, 3.8) is 0 Å². The van der Waals surface area contributed by atoms with Gasteiger partial charge >= 0.3 is 12.4 Å². The van der Waals surface area contributed by atoms with E-state index < -0.39 is 35.0 Å². The summed E-state index contributed by atoms with van der Waals surface area (Å²) in [6, 6.07) is 4.88. The summed E-state index contributed by atoms with van der Waals surface area (Å²) in [6.07, 6.45) is -8.75. The average molecular weight is 412 g/mol. The first kappa shape index (κ1) is 21.0. The van der Waals surface area contributed by atoms with Gasteiger partial charge in [0, 0.05) is 13.2 Å². The zero-order valence-electron chi connectivity index (χ0n) is 13.6. The van der Waals surface area contributed by atoms with Gasteiger partial charge in [-0.1, -0.05) is 23.7 Å². The Morgan fingerprint density at radius 1 is 1.15 bits per heavy atom. The molecule has 27 heavy (non-hydrogen) atoms. The number of nitrogens with zero attached hydrogens (tertiary/aromatic N) is 2. The van der Waals surface area contributed by atoms with E-state index in [0.29, 0.717) is 12.3 Å². The Bertz CT molecular complexity index is 838. The number of halogens is 7. The van der Waals surface area contributed by atoms with E-state index in [4.69, 9.17) is 11.6 Å². The normalized spacial score (nSPS) is 12.3. The van der Waals surface area contributed by atoms with Crippen LogP contribution in [0.1, 0.15) is 27.2 Å². The smallest absolute Gasteiger partial charge is 0.285 e. The van der Waals surface area contributed by atoms with Gasteiger partial charge < -0.3 is 0 Å². The summed E-state index contributed by atoms with van der Waals surface area (Å²) in [5.41, 5.74) is -0.530. The van der Waals surface area contributed by atoms with Crippen LogP contribution in [-0.4, -0.2) is 22.9 Å². The number of hydrazine groups is 1. The van der Waals surface area contributed by atoms with Gasteiger partial charge in [-0.05, 0) is 18.2 Å². The van der Waals surface area contributed by atoms with E-state index in [0.717, 1.165) is 23.2 Å². The van der Waals surface area contributed by atoms with Gasteiger partial charge in [0.1, 0.15) is 0 Å². The summed E-state index contributed by atoms with van der Waals surface area (Å²) < 4.78 is 76.7. The van der Waals surface area contributed by atoms with Crippen molar-refractivity contribution >= 4 is 17.5 Å². The van der Waals surface area contributed by atoms with Crippen LogP contribution in [0, 0.1) is 0 Å². The zero-order valence-corrected chi connectivity index (χ0v) is 14.4. The van der Waals surface area contributed by atoms with Crippen molar-refractivity contribution in [3.05, 3.63) is 63.9 Å². The molecule has 0 saturated carbocycles. The Kier molecular flexibility index (Phi) is 6.01. The second-order valence-electron chi connectivity index (χ2n) is 5.49. The highest BCUT2D eigenvalue weighted by atomic mass is 35.5. The molecule has 1 N–H and O–H groups in total. The SMILES string of the molecule is CN(Cc1ncc(C(F)(F)F)cc1Cl)NC(=O)c1ccccc1C(F)(F)F. The molecule has 0 aliphatic rings. The molecule has 0 radical (unpaired) electrons. The van der Waals surface area contributed by atoms with E-state index in [1.807, 2.05) is 0 Å². The molecule has 0 saturated heterocycles. The summed E-state index contributed by atoms with van der Waals surface area (Å²) in [6.45, 7) is -0.225. The summed E-state index contributed by atoms with van der Waals surface area (Å²) in [7, 11) is 1.31. The van der Waals surface area contributed by atoms with Gasteiger partial charge in [-0.15, -0.1) is 0 Å². The Hall–Kier alpha value is -2.33. The maximum absolute atomic E-state index is 13.0. The largest absolute Gasteiger partial charge is 0.417 e. The number of alkyl halides is 6. The Balaban J connectivity index is 2.13. The molecule has 4 nitrogen and oxygen atoms in total. The second kappa shape index (κ2) is 7.73. The summed E-state index contributed by atoms with van der Waals surface area (Å²) in [4.78, 5) is 15.7. The first-order chi connectivity index (χ1) is 12.4. The monoisotopic (exact) mass is 411 g/mol. The van der Waals surface area contributed by atoms with Crippen LogP contribution in [0.25, 0.3) is 0 Å². The standard InChI is InChI=1S/C16H12ClF6N3O/c1-26(8-13-12(17)6-9(7-24-13)15(18,19)20)25-14(27)10-4-2-3-5-11(10)16(21,22)23/h2-7H,8H2,1H3,(H,25,27). The van der Waals surface area contributed by atoms with Crippen LogP contribution in [0.3, 0.4) is 0 Å². The number of pyridine rings is 1. The summed E-state index contributed by atoms with van der Waals surface area (Å²) in [5, 5.41) is 0.776. The number of amides is 1. The zero-order chi connectivity index (χ0) is 20.4. The number of carbonyl (C=O) groups is 1. The molecule has 1 heterocycles. The highest BCUT2D eigenvalue weighted by Gasteiger charge is 2.35. The van der Waals surface area contributed by atoms with Crippen molar-refractivity contribution < 1.29 is 31.1 Å². The van der Waals surface area contributed by atoms with Crippen molar-refractivity contribution in [3.8, 4) is 0 Å². The molecule has 0 unspecified atom stereocenters. The fourth-order valence-corrected chi connectivity index (χ4v) is 2.39. The van der Waals surface area contributed by atoms with Gasteiger partial charge in [-0.2, -0.15) is 26.3 Å². The van der Waals surface area contributed by atoms with E-state index >= 15 is 0 Å². The average Bonchev–Trinajstić information content (AvgIpc) is 2.55. The molecule has 1 aromatic carbocycles. The van der Waals surface area contributed by atoms with E-state index in [-0.39, 0.29) is 17.3 Å². The minimum absolute atomic E-state index is 0.0107. The molecule has 146 valence electrons. The molecule has 1 amide bonds. The molecule has 1 aromatic heterocycles. The van der Waals surface area contributed by atoms with Crippen molar-refractivity contribution in [2.24, 2.45) is 0 Å². The number of hydrogen-bond donors (Lipinski definition) is 1. The van der Waals surface area contributed by atoms with Gasteiger partial charge in [0.05, 0.1) is 34.0 Å². The van der Waals surface area contributed by atoms with Gasteiger partial charge in [-0.3, -0.25) is 15.2 Å². The maximum Gasteiger partial charge on any atom is 0.417 e. The molecule has 0 atom stereocenters. The molecule has 0 spiro atoms. The van der Waals surface area contributed by atoms with E-state index in [9.17, 15) is 31.1 Å². The van der Waals surface area contributed by atoms with Gasteiger partial charge in [-0.25, -0.2) is 5.01 Å². The summed E-state index contributed by atoms with van der Waals surface area (Å²) >= 11 is 5.77. The predicted molar refractivity (Wildman–Crippen MR) is 84.6 cm³/mol. The molecule has 0 bridgehead atoms. The highest BCUT2D eigenvalue weighted by molar-refractivity contribution is 6.31. The number of nitrogens with one attached hydrogen (secondary N) is 1. The second-order valence-corrected chi connectivity index (χ2v) is 5.90. The minimum Gasteiger partial charge on any atom is -0.285 e. The van der Waals surface area contributed by atoms with Crippen molar-refractivity contribution in [1.29, 1.82) is 0 Å². The van der Waals surface area contributed by atoms with Crippen LogP contribution in [0.15, 0.2) is 36.5 Å². The van der Waals surface area contributed by atoms with Crippen LogP contribution >= 0.6 is 11.6 Å². The maximum atomic E-state index is 13.0. The van der Waals surface area contributed by atoms with Gasteiger partial charge in [0.2, 0.25) is 0 Å². The van der Waals surface area contributed by atoms with Crippen LogP contribution in [0.2, 0.25) is 5.02 Å². The number of benzene rings is 1. The molecule has 2 aromatic rings. The van der Waals surface area contributed by atoms with Crippen LogP contribution in [-0.2, 0) is 18.9 Å². The quantitative estimate of drug-likeness (QED) is 0.593. The van der Waals surface area contributed by atoms with Crippen LogP contribution < -0.4 is 5.43 Å². The van der Waals surface area contributed by atoms with E-state index in [1.54, 1.807) is 0 Å². The minimum atomic E-state index is -4.72. The molecule has 0 aliphatic carbocycles. The Morgan fingerprint density at radius 2 is 1.78 bits per heavy atom. The third-order valence-electron chi connectivity index (χ3n) is 3.40. The molecular weight excluding hydrogens is 400 g/mol. The van der Waals surface area contributed by atoms with Gasteiger partial charge in [0.25, 0.3) is 5.91 Å². The first-order valence-corrected chi connectivity index (χ1v) is 7.67. The van der Waals surface area contributed by atoms with E-state index in [2.05, 4.69) is 10.4 Å². The third kappa shape index (κ3) is 5.33. The molecule has 11 heteroatoms. The van der Waals surface area contributed by atoms with Crippen molar-refractivity contribution in [1.82, 2.24) is 15.4 Å². The molecule has 0 fully saturated rings. The van der Waals surface area contributed by atoms with Crippen LogP contribution in [0.4, 0.5) is 26.3 Å². The fourth-order valence-electron chi connectivity index (χ4n) is 2.16. The number of rotatable bonds is 4. The fraction of sp³-hybridized carbons (Fsp3) is 0.250. The lowest BCUT2D eigenvalue weighted by Crippen LogP contribution is -2.39. The topological polar surface area (TPSA) is 45.2 Å². The van der Waals surface area contributed by atoms with Crippen LogP contribution in [0.5, 0.6) is 0 Å². The number of aromatic nitrogens is 1. The Morgan fingerprint density at radius 3 is 2.33 bits per heavy atom.